The van der Waals surface area contributed by atoms with E-state index in [0.717, 1.165) is 59.6 Å². The molecule has 2 fully saturated rings. The van der Waals surface area contributed by atoms with Gasteiger partial charge in [-0.05, 0) is 49.3 Å². The number of fused-ring (bicyclic) bond motifs is 1. The number of hydrogen-bond acceptors (Lipinski definition) is 6. The van der Waals surface area contributed by atoms with Crippen molar-refractivity contribution in [2.45, 2.75) is 50.1 Å². The Kier molecular flexibility index (Phi) is 4.87. The molecule has 1 atom stereocenters. The van der Waals surface area contributed by atoms with Gasteiger partial charge >= 0.3 is 0 Å². The summed E-state index contributed by atoms with van der Waals surface area (Å²) in [6.07, 6.45) is 6.49. The quantitative estimate of drug-likeness (QED) is 0.680. The van der Waals surface area contributed by atoms with E-state index in [4.69, 9.17) is 4.98 Å². The second-order valence-corrected chi connectivity index (χ2v) is 9.15. The van der Waals surface area contributed by atoms with Crippen molar-refractivity contribution in [2.75, 3.05) is 11.4 Å². The highest BCUT2D eigenvalue weighted by Gasteiger charge is 2.40. The van der Waals surface area contributed by atoms with Crippen LogP contribution in [-0.4, -0.2) is 28.5 Å². The lowest BCUT2D eigenvalue weighted by molar-refractivity contribution is -0.122. The molecule has 1 N–H and O–H groups in total. The lowest BCUT2D eigenvalue weighted by Crippen LogP contribution is -2.43. The third-order valence-electron chi connectivity index (χ3n) is 6.32. The van der Waals surface area contributed by atoms with Crippen LogP contribution in [0.4, 0.5) is 5.13 Å². The van der Waals surface area contributed by atoms with Crippen molar-refractivity contribution in [3.63, 3.8) is 0 Å². The topological polar surface area (TPSA) is 81.9 Å². The van der Waals surface area contributed by atoms with E-state index >= 15 is 0 Å². The largest absolute Gasteiger partial charge is 0.350 e. The number of thiazole rings is 1. The van der Waals surface area contributed by atoms with Crippen LogP contribution in [0.2, 0.25) is 0 Å². The average molecular weight is 418 g/mol. The van der Waals surface area contributed by atoms with E-state index in [1.165, 1.54) is 0 Å². The Morgan fingerprint density at radius 2 is 2.13 bits per heavy atom. The van der Waals surface area contributed by atoms with Crippen molar-refractivity contribution in [1.82, 2.24) is 15.3 Å². The maximum Gasteiger partial charge on any atom is 0.243 e. The van der Waals surface area contributed by atoms with Crippen LogP contribution in [0.3, 0.4) is 0 Å². The zero-order valence-electron chi connectivity index (χ0n) is 16.7. The maximum atomic E-state index is 12.9. The van der Waals surface area contributed by atoms with Gasteiger partial charge in [-0.2, -0.15) is 10.2 Å². The number of hydrogen-bond donors (Lipinski definition) is 1. The predicted molar refractivity (Wildman–Crippen MR) is 117 cm³/mol. The summed E-state index contributed by atoms with van der Waals surface area (Å²) in [5.41, 5.74) is 2.41. The zero-order valence-corrected chi connectivity index (χ0v) is 17.5. The van der Waals surface area contributed by atoms with Gasteiger partial charge in [0.15, 0.2) is 10.8 Å². The average Bonchev–Trinajstić information content (AvgIpc) is 3.39. The molecule has 1 amide bonds. The van der Waals surface area contributed by atoms with Crippen molar-refractivity contribution in [2.24, 2.45) is 0 Å². The summed E-state index contributed by atoms with van der Waals surface area (Å²) in [6, 6.07) is 14.3. The fourth-order valence-electron chi connectivity index (χ4n) is 4.36. The van der Waals surface area contributed by atoms with Crippen molar-refractivity contribution in [3.8, 4) is 6.07 Å². The maximum absolute atomic E-state index is 12.9. The first-order chi connectivity index (χ1) is 14.7. The molecular weight excluding hydrogens is 394 g/mol. The van der Waals surface area contributed by atoms with Gasteiger partial charge in [0.1, 0.15) is 6.04 Å². The Morgan fingerprint density at radius 3 is 2.87 bits per heavy atom. The molecule has 3 heterocycles. The normalized spacial score (nSPS) is 20.0. The van der Waals surface area contributed by atoms with Crippen molar-refractivity contribution >= 4 is 32.7 Å². The minimum Gasteiger partial charge on any atom is -0.350 e. The molecule has 30 heavy (non-hydrogen) atoms. The SMILES string of the molecule is N#CC1(c2cnc3nc(N4CCC[C@@H]4C(=O)NCc4ccccc4)sc3c2)CCC1. The summed E-state index contributed by atoms with van der Waals surface area (Å²) in [7, 11) is 0. The lowest BCUT2D eigenvalue weighted by atomic mass is 9.66. The van der Waals surface area contributed by atoms with E-state index in [0.29, 0.717) is 12.2 Å². The number of nitriles is 1. The molecule has 0 radical (unpaired) electrons. The minimum atomic E-state index is -0.376. The number of nitrogens with zero attached hydrogens (tertiary/aromatic N) is 4. The van der Waals surface area contributed by atoms with Gasteiger partial charge in [-0.25, -0.2) is 4.98 Å². The van der Waals surface area contributed by atoms with Gasteiger partial charge in [0.05, 0.1) is 16.2 Å². The molecule has 6 nitrogen and oxygen atoms in total. The van der Waals surface area contributed by atoms with Crippen molar-refractivity contribution in [3.05, 3.63) is 53.7 Å². The summed E-state index contributed by atoms with van der Waals surface area (Å²) in [4.78, 5) is 24.2. The van der Waals surface area contributed by atoms with Gasteiger partial charge in [-0.15, -0.1) is 0 Å². The Balaban J connectivity index is 1.35. The third kappa shape index (κ3) is 3.31. The summed E-state index contributed by atoms with van der Waals surface area (Å²) in [5, 5.41) is 13.5. The van der Waals surface area contributed by atoms with Gasteiger partial charge in [-0.3, -0.25) is 4.79 Å². The van der Waals surface area contributed by atoms with Crippen LogP contribution in [0.15, 0.2) is 42.6 Å². The van der Waals surface area contributed by atoms with E-state index in [9.17, 15) is 10.1 Å². The molecule has 2 aliphatic rings. The number of carbonyl (C=O) groups excluding carboxylic acids is 1. The Hall–Kier alpha value is -2.98. The van der Waals surface area contributed by atoms with E-state index in [1.807, 2.05) is 36.5 Å². The molecule has 1 aliphatic carbocycles. The number of amides is 1. The van der Waals surface area contributed by atoms with Crippen LogP contribution >= 0.6 is 11.3 Å². The minimum absolute atomic E-state index is 0.0437. The molecule has 5 rings (SSSR count). The summed E-state index contributed by atoms with van der Waals surface area (Å²) in [6.45, 7) is 1.35. The summed E-state index contributed by atoms with van der Waals surface area (Å²) in [5.74, 6) is 0.0437. The van der Waals surface area contributed by atoms with Gasteiger partial charge in [-0.1, -0.05) is 41.7 Å². The monoisotopic (exact) mass is 417 g/mol. The molecular formula is C23H23N5OS. The number of benzene rings is 1. The fraction of sp³-hybridized carbons (Fsp3) is 0.391. The first kappa shape index (κ1) is 19.0. The Bertz CT molecular complexity index is 1120. The Labute approximate surface area is 179 Å². The molecule has 2 aromatic heterocycles. The van der Waals surface area contributed by atoms with Crippen LogP contribution in [0.5, 0.6) is 0 Å². The predicted octanol–water partition coefficient (Wildman–Crippen LogP) is 3.92. The molecule has 7 heteroatoms. The second kappa shape index (κ2) is 7.69. The van der Waals surface area contributed by atoms with E-state index in [1.54, 1.807) is 11.3 Å². The molecule has 152 valence electrons. The molecule has 0 unspecified atom stereocenters. The smallest absolute Gasteiger partial charge is 0.243 e. The number of aromatic nitrogens is 2. The number of carbonyl (C=O) groups is 1. The molecule has 1 saturated heterocycles. The van der Waals surface area contributed by atoms with Crippen LogP contribution in [0, 0.1) is 11.3 Å². The van der Waals surface area contributed by atoms with Crippen molar-refractivity contribution < 1.29 is 4.79 Å². The highest BCUT2D eigenvalue weighted by atomic mass is 32.1. The highest BCUT2D eigenvalue weighted by Crippen LogP contribution is 2.44. The number of anilines is 1. The standard InChI is InChI=1S/C23H23N5OS/c24-15-23(9-5-10-23)17-12-19-20(25-14-17)27-22(30-19)28-11-4-8-18(28)21(29)26-13-16-6-2-1-3-7-16/h1-3,6-7,12,14,18H,4-5,8-11,13H2,(H,26,29)/t18-/m1/s1. The lowest BCUT2D eigenvalue weighted by Gasteiger charge is -2.35. The molecule has 1 aromatic carbocycles. The zero-order chi connectivity index (χ0) is 20.6. The Morgan fingerprint density at radius 1 is 1.30 bits per heavy atom. The first-order valence-corrected chi connectivity index (χ1v) is 11.3. The second-order valence-electron chi connectivity index (χ2n) is 8.14. The third-order valence-corrected chi connectivity index (χ3v) is 7.35. The van der Waals surface area contributed by atoms with Gasteiger partial charge in [0.2, 0.25) is 5.91 Å². The van der Waals surface area contributed by atoms with Crippen LogP contribution in [-0.2, 0) is 16.8 Å². The van der Waals surface area contributed by atoms with Crippen LogP contribution in [0.1, 0.15) is 43.2 Å². The summed E-state index contributed by atoms with van der Waals surface area (Å²) < 4.78 is 0.986. The summed E-state index contributed by atoms with van der Waals surface area (Å²) >= 11 is 1.57. The molecule has 0 bridgehead atoms. The van der Waals surface area contributed by atoms with Gasteiger partial charge in [0, 0.05) is 19.3 Å². The van der Waals surface area contributed by atoms with Crippen LogP contribution < -0.4 is 10.2 Å². The number of rotatable bonds is 5. The molecule has 1 aliphatic heterocycles. The first-order valence-electron chi connectivity index (χ1n) is 10.5. The van der Waals surface area contributed by atoms with Gasteiger partial charge < -0.3 is 10.2 Å². The molecule has 1 saturated carbocycles. The number of nitrogens with one attached hydrogen (secondary N) is 1. The number of pyridine rings is 1. The van der Waals surface area contributed by atoms with E-state index in [2.05, 4.69) is 27.3 Å². The molecule has 0 spiro atoms. The fourth-order valence-corrected chi connectivity index (χ4v) is 5.40. The molecule has 3 aromatic rings. The van der Waals surface area contributed by atoms with Gasteiger partial charge in [0.25, 0.3) is 0 Å². The van der Waals surface area contributed by atoms with E-state index < -0.39 is 0 Å². The van der Waals surface area contributed by atoms with E-state index in [-0.39, 0.29) is 17.4 Å². The highest BCUT2D eigenvalue weighted by molar-refractivity contribution is 7.22. The van der Waals surface area contributed by atoms with Crippen LogP contribution in [0.25, 0.3) is 10.3 Å². The van der Waals surface area contributed by atoms with Crippen molar-refractivity contribution in [1.29, 1.82) is 5.26 Å².